The van der Waals surface area contributed by atoms with Crippen LogP contribution in [0.3, 0.4) is 0 Å². The Balaban J connectivity index is 2.24. The Morgan fingerprint density at radius 2 is 1.87 bits per heavy atom. The highest BCUT2D eigenvalue weighted by Crippen LogP contribution is 2.34. The van der Waals surface area contributed by atoms with Crippen LogP contribution in [0.25, 0.3) is 11.0 Å². The number of aromatic nitrogens is 2. The van der Waals surface area contributed by atoms with E-state index in [9.17, 15) is 22.9 Å². The lowest BCUT2D eigenvalue weighted by Crippen LogP contribution is -2.25. The second-order valence-electron chi connectivity index (χ2n) is 8.23. The maximum absolute atomic E-state index is 11.7. The Hall–Kier alpha value is -2.46. The summed E-state index contributed by atoms with van der Waals surface area (Å²) in [5.74, 6) is -0.558. The summed E-state index contributed by atoms with van der Waals surface area (Å²) in [6.45, 7) is 5.45. The highest BCUT2D eigenvalue weighted by Gasteiger charge is 2.30. The van der Waals surface area contributed by atoms with Gasteiger partial charge in [-0.3, -0.25) is 13.9 Å². The summed E-state index contributed by atoms with van der Waals surface area (Å²) in [5, 5.41) is 9.70. The van der Waals surface area contributed by atoms with E-state index in [1.54, 1.807) is 60.9 Å². The molecule has 2 aromatic carbocycles. The maximum atomic E-state index is 11.7. The van der Waals surface area contributed by atoms with Gasteiger partial charge in [0.25, 0.3) is 0 Å². The fraction of sp³-hybridized carbons (Fsp3) is 0.333. The van der Waals surface area contributed by atoms with Gasteiger partial charge in [0.05, 0.1) is 17.5 Å². The number of fused-ring (bicyclic) bond motifs is 1. The summed E-state index contributed by atoms with van der Waals surface area (Å²) >= 11 is 6.11. The molecule has 1 heterocycles. The van der Waals surface area contributed by atoms with Crippen LogP contribution in [-0.4, -0.2) is 33.6 Å². The standard InChI is InChI=1S/C21H23ClN2O6S/c1-13-4-6-14(7-5-13)20(30-31(27,28)29)24-17-9-8-15(22)10-16(17)23-18(24)11-21(2,3)12-19(25)26/h4-10,20H,11-12H2,1-3H3,(H,25,26)(H,27,28,29). The predicted molar refractivity (Wildman–Crippen MR) is 116 cm³/mol. The number of halogens is 1. The molecule has 0 spiro atoms. The predicted octanol–water partition coefficient (Wildman–Crippen LogP) is 4.41. The molecule has 166 valence electrons. The molecule has 2 N–H and O–H groups in total. The summed E-state index contributed by atoms with van der Waals surface area (Å²) in [7, 11) is -4.83. The van der Waals surface area contributed by atoms with Gasteiger partial charge in [-0.1, -0.05) is 55.3 Å². The van der Waals surface area contributed by atoms with E-state index in [4.69, 9.17) is 15.8 Å². The van der Waals surface area contributed by atoms with Crippen LogP contribution in [0.2, 0.25) is 5.02 Å². The number of hydrogen-bond donors (Lipinski definition) is 2. The Bertz CT molecular complexity index is 1220. The average Bonchev–Trinajstić information content (AvgIpc) is 2.94. The third-order valence-electron chi connectivity index (χ3n) is 4.80. The molecular formula is C21H23ClN2O6S. The molecule has 0 fully saturated rings. The quantitative estimate of drug-likeness (QED) is 0.472. The van der Waals surface area contributed by atoms with Gasteiger partial charge in [0.1, 0.15) is 5.82 Å². The first kappa shape index (κ1) is 23.2. The van der Waals surface area contributed by atoms with Crippen molar-refractivity contribution in [3.63, 3.8) is 0 Å². The van der Waals surface area contributed by atoms with Gasteiger partial charge < -0.3 is 5.11 Å². The highest BCUT2D eigenvalue weighted by atomic mass is 35.5. The topological polar surface area (TPSA) is 119 Å². The van der Waals surface area contributed by atoms with Gasteiger partial charge in [-0.05, 0) is 30.5 Å². The van der Waals surface area contributed by atoms with E-state index >= 15 is 0 Å². The number of carboxylic acids is 1. The number of rotatable bonds is 8. The minimum Gasteiger partial charge on any atom is -0.481 e. The van der Waals surface area contributed by atoms with Gasteiger partial charge in [-0.2, -0.15) is 8.42 Å². The second-order valence-corrected chi connectivity index (χ2v) is 9.71. The van der Waals surface area contributed by atoms with Crippen molar-refractivity contribution in [2.75, 3.05) is 0 Å². The van der Waals surface area contributed by atoms with Crippen molar-refractivity contribution in [1.29, 1.82) is 0 Å². The van der Waals surface area contributed by atoms with Gasteiger partial charge in [0, 0.05) is 17.0 Å². The number of nitrogens with zero attached hydrogens (tertiary/aromatic N) is 2. The minimum atomic E-state index is -4.83. The Morgan fingerprint density at radius 3 is 2.45 bits per heavy atom. The van der Waals surface area contributed by atoms with Gasteiger partial charge >= 0.3 is 16.4 Å². The minimum absolute atomic E-state index is 0.120. The molecule has 0 aliphatic heterocycles. The summed E-state index contributed by atoms with van der Waals surface area (Å²) in [6, 6.07) is 11.9. The molecule has 31 heavy (non-hydrogen) atoms. The summed E-state index contributed by atoms with van der Waals surface area (Å²) in [5.41, 5.74) is 1.75. The van der Waals surface area contributed by atoms with Crippen molar-refractivity contribution in [1.82, 2.24) is 9.55 Å². The molecule has 1 atom stereocenters. The molecule has 1 unspecified atom stereocenters. The summed E-state index contributed by atoms with van der Waals surface area (Å²) < 4.78 is 39.5. The van der Waals surface area contributed by atoms with E-state index in [1.165, 1.54) is 0 Å². The Labute approximate surface area is 185 Å². The lowest BCUT2D eigenvalue weighted by Gasteiger charge is -2.25. The molecule has 10 heteroatoms. The van der Waals surface area contributed by atoms with Crippen LogP contribution < -0.4 is 0 Å². The number of imidazole rings is 1. The van der Waals surface area contributed by atoms with Gasteiger partial charge in [-0.15, -0.1) is 0 Å². The first-order valence-corrected chi connectivity index (χ1v) is 11.2. The summed E-state index contributed by atoms with van der Waals surface area (Å²) in [4.78, 5) is 15.9. The van der Waals surface area contributed by atoms with Crippen LogP contribution in [-0.2, 0) is 25.8 Å². The van der Waals surface area contributed by atoms with Crippen LogP contribution in [0.15, 0.2) is 42.5 Å². The molecule has 0 aliphatic carbocycles. The van der Waals surface area contributed by atoms with Crippen LogP contribution >= 0.6 is 11.6 Å². The monoisotopic (exact) mass is 466 g/mol. The molecule has 0 bridgehead atoms. The van der Waals surface area contributed by atoms with Gasteiger partial charge in [0.2, 0.25) is 0 Å². The van der Waals surface area contributed by atoms with Crippen molar-refractivity contribution >= 4 is 39.0 Å². The molecule has 0 aliphatic rings. The van der Waals surface area contributed by atoms with Crippen molar-refractivity contribution in [2.24, 2.45) is 5.41 Å². The van der Waals surface area contributed by atoms with E-state index < -0.39 is 28.0 Å². The van der Waals surface area contributed by atoms with E-state index in [0.717, 1.165) is 5.56 Å². The van der Waals surface area contributed by atoms with Gasteiger partial charge in [0.15, 0.2) is 6.23 Å². The van der Waals surface area contributed by atoms with Gasteiger partial charge in [-0.25, -0.2) is 9.17 Å². The molecule has 1 aromatic heterocycles. The van der Waals surface area contributed by atoms with Crippen LogP contribution in [0.5, 0.6) is 0 Å². The lowest BCUT2D eigenvalue weighted by molar-refractivity contribution is -0.139. The average molecular weight is 467 g/mol. The molecule has 8 nitrogen and oxygen atoms in total. The first-order valence-electron chi connectivity index (χ1n) is 9.45. The molecule has 0 saturated heterocycles. The fourth-order valence-electron chi connectivity index (χ4n) is 3.50. The zero-order chi connectivity index (χ0) is 23.0. The van der Waals surface area contributed by atoms with Crippen molar-refractivity contribution < 1.29 is 27.1 Å². The highest BCUT2D eigenvalue weighted by molar-refractivity contribution is 7.80. The third-order valence-corrected chi connectivity index (χ3v) is 5.46. The van der Waals surface area contributed by atoms with Crippen molar-refractivity contribution in [3.05, 3.63) is 64.4 Å². The number of carboxylic acid groups (broad SMARTS) is 1. The molecule has 3 aromatic rings. The van der Waals surface area contributed by atoms with Crippen molar-refractivity contribution in [2.45, 2.75) is 39.8 Å². The number of benzene rings is 2. The Morgan fingerprint density at radius 1 is 1.23 bits per heavy atom. The van der Waals surface area contributed by atoms with Crippen LogP contribution in [0.4, 0.5) is 0 Å². The number of carbonyl (C=O) groups is 1. The SMILES string of the molecule is Cc1ccc(C(OS(=O)(=O)O)n2c(CC(C)(C)CC(=O)O)nc3cc(Cl)ccc32)cc1. The van der Waals surface area contributed by atoms with E-state index in [2.05, 4.69) is 4.98 Å². The number of aryl methyl sites for hydroxylation is 1. The third kappa shape index (κ3) is 5.82. The number of hydrogen-bond acceptors (Lipinski definition) is 5. The maximum Gasteiger partial charge on any atom is 0.399 e. The smallest absolute Gasteiger partial charge is 0.399 e. The Kier molecular flexibility index (Phi) is 6.43. The molecule has 0 amide bonds. The van der Waals surface area contributed by atoms with E-state index in [-0.39, 0.29) is 12.8 Å². The van der Waals surface area contributed by atoms with Crippen LogP contribution in [0, 0.1) is 12.3 Å². The zero-order valence-electron chi connectivity index (χ0n) is 17.2. The second kappa shape index (κ2) is 8.58. The molecule has 0 saturated carbocycles. The van der Waals surface area contributed by atoms with E-state index in [1.807, 2.05) is 6.92 Å². The van der Waals surface area contributed by atoms with E-state index in [0.29, 0.717) is 27.4 Å². The molecular weight excluding hydrogens is 444 g/mol. The molecule has 3 rings (SSSR count). The number of aliphatic carboxylic acids is 1. The summed E-state index contributed by atoms with van der Waals surface area (Å²) in [6.07, 6.45) is -1.16. The fourth-order valence-corrected chi connectivity index (χ4v) is 4.10. The largest absolute Gasteiger partial charge is 0.481 e. The van der Waals surface area contributed by atoms with Crippen LogP contribution in [0.1, 0.15) is 43.4 Å². The normalized spacial score (nSPS) is 13.5. The zero-order valence-corrected chi connectivity index (χ0v) is 18.8. The molecule has 0 radical (unpaired) electrons. The lowest BCUT2D eigenvalue weighted by atomic mass is 9.85. The van der Waals surface area contributed by atoms with Crippen molar-refractivity contribution in [3.8, 4) is 0 Å². The first-order chi connectivity index (χ1) is 14.3.